The van der Waals surface area contributed by atoms with Crippen molar-refractivity contribution in [1.29, 1.82) is 0 Å². The van der Waals surface area contributed by atoms with E-state index < -0.39 is 5.54 Å². The fourth-order valence-electron chi connectivity index (χ4n) is 2.70. The molecule has 1 N–H and O–H groups in total. The maximum absolute atomic E-state index is 12.8. The van der Waals surface area contributed by atoms with Crippen molar-refractivity contribution in [2.75, 3.05) is 12.0 Å². The van der Waals surface area contributed by atoms with Gasteiger partial charge in [0.15, 0.2) is 0 Å². The number of hydrogen-bond acceptors (Lipinski definition) is 3. The van der Waals surface area contributed by atoms with Gasteiger partial charge in [-0.25, -0.2) is 0 Å². The Hall–Kier alpha value is -0.710. The summed E-state index contributed by atoms with van der Waals surface area (Å²) in [5.41, 5.74) is -0.754. The van der Waals surface area contributed by atoms with Crippen LogP contribution < -0.4 is 5.32 Å². The Morgan fingerprint density at radius 1 is 1.35 bits per heavy atom. The fourth-order valence-corrected chi connectivity index (χ4v) is 3.28. The third-order valence-corrected chi connectivity index (χ3v) is 4.87. The maximum atomic E-state index is 12.8. The van der Waals surface area contributed by atoms with Gasteiger partial charge in [-0.2, -0.15) is 11.8 Å². The van der Waals surface area contributed by atoms with Gasteiger partial charge in [0.05, 0.1) is 0 Å². The molecule has 116 valence electrons. The van der Waals surface area contributed by atoms with E-state index >= 15 is 0 Å². The van der Waals surface area contributed by atoms with Crippen LogP contribution in [0, 0.1) is 5.92 Å². The predicted octanol–water partition coefficient (Wildman–Crippen LogP) is 2.28. The Morgan fingerprint density at radius 3 is 2.40 bits per heavy atom. The number of nitrogens with one attached hydrogen (secondary N) is 1. The first-order valence-corrected chi connectivity index (χ1v) is 8.81. The molecule has 0 bridgehead atoms. The zero-order valence-corrected chi connectivity index (χ0v) is 14.3. The standard InChI is InChI=1S/C15H28N2O2S/c1-7-15(5)14(19)17(11(4)8-9-20-6)12(10(2)3)13(18)16-15/h10-12H,7-9H2,1-6H3,(H,16,18). The Kier molecular flexibility index (Phi) is 5.92. The summed E-state index contributed by atoms with van der Waals surface area (Å²) in [6.45, 7) is 9.83. The first-order valence-electron chi connectivity index (χ1n) is 7.42. The molecule has 1 rings (SSSR count). The zero-order valence-electron chi connectivity index (χ0n) is 13.5. The second-order valence-electron chi connectivity index (χ2n) is 6.21. The molecule has 0 saturated carbocycles. The lowest BCUT2D eigenvalue weighted by molar-refractivity contribution is -0.159. The molecule has 3 atom stereocenters. The number of rotatable bonds is 6. The van der Waals surface area contributed by atoms with Crippen LogP contribution >= 0.6 is 11.8 Å². The summed E-state index contributed by atoms with van der Waals surface area (Å²) in [5.74, 6) is 1.17. The summed E-state index contributed by atoms with van der Waals surface area (Å²) in [6, 6.07) is -0.252. The van der Waals surface area contributed by atoms with Gasteiger partial charge in [0.2, 0.25) is 11.8 Å². The number of carbonyl (C=O) groups excluding carboxylic acids is 2. The Labute approximate surface area is 127 Å². The number of piperazine rings is 1. The van der Waals surface area contributed by atoms with Gasteiger partial charge in [-0.1, -0.05) is 20.8 Å². The Morgan fingerprint density at radius 2 is 1.95 bits per heavy atom. The number of thioether (sulfide) groups is 1. The van der Waals surface area contributed by atoms with Crippen LogP contribution in [0.15, 0.2) is 0 Å². The molecule has 20 heavy (non-hydrogen) atoms. The molecule has 1 aliphatic rings. The summed E-state index contributed by atoms with van der Waals surface area (Å²) >= 11 is 1.77. The van der Waals surface area contributed by atoms with E-state index in [9.17, 15) is 9.59 Å². The van der Waals surface area contributed by atoms with Crippen molar-refractivity contribution in [2.24, 2.45) is 5.92 Å². The first-order chi connectivity index (χ1) is 9.28. The van der Waals surface area contributed by atoms with Crippen molar-refractivity contribution in [3.63, 3.8) is 0 Å². The monoisotopic (exact) mass is 300 g/mol. The largest absolute Gasteiger partial charge is 0.340 e. The Balaban J connectivity index is 3.08. The first kappa shape index (κ1) is 17.3. The summed E-state index contributed by atoms with van der Waals surface area (Å²) in [7, 11) is 0. The van der Waals surface area contributed by atoms with Gasteiger partial charge < -0.3 is 10.2 Å². The van der Waals surface area contributed by atoms with Crippen LogP contribution in [0.5, 0.6) is 0 Å². The van der Waals surface area contributed by atoms with Gasteiger partial charge in [-0.05, 0) is 44.6 Å². The molecule has 1 saturated heterocycles. The molecule has 1 heterocycles. The molecule has 0 aromatic heterocycles. The molecule has 1 fully saturated rings. The van der Waals surface area contributed by atoms with E-state index in [0.717, 1.165) is 12.2 Å². The molecule has 4 nitrogen and oxygen atoms in total. The minimum Gasteiger partial charge on any atom is -0.340 e. The van der Waals surface area contributed by atoms with Crippen molar-refractivity contribution < 1.29 is 9.59 Å². The van der Waals surface area contributed by atoms with E-state index in [1.807, 2.05) is 32.6 Å². The van der Waals surface area contributed by atoms with Crippen molar-refractivity contribution in [3.8, 4) is 0 Å². The lowest BCUT2D eigenvalue weighted by atomic mass is 9.87. The molecule has 0 aromatic rings. The van der Waals surface area contributed by atoms with E-state index in [2.05, 4.69) is 18.5 Å². The van der Waals surface area contributed by atoms with Crippen LogP contribution in [0.3, 0.4) is 0 Å². The highest BCUT2D eigenvalue weighted by atomic mass is 32.2. The van der Waals surface area contributed by atoms with Gasteiger partial charge >= 0.3 is 0 Å². The Bertz CT molecular complexity index is 373. The van der Waals surface area contributed by atoms with E-state index in [-0.39, 0.29) is 29.8 Å². The third kappa shape index (κ3) is 3.30. The van der Waals surface area contributed by atoms with Crippen molar-refractivity contribution in [2.45, 2.75) is 65.1 Å². The highest BCUT2D eigenvalue weighted by molar-refractivity contribution is 7.98. The molecule has 0 aromatic carbocycles. The minimum absolute atomic E-state index is 0.0139. The van der Waals surface area contributed by atoms with Gasteiger partial charge in [0, 0.05) is 6.04 Å². The molecule has 0 spiro atoms. The normalized spacial score (nSPS) is 28.8. The van der Waals surface area contributed by atoms with Gasteiger partial charge in [0.1, 0.15) is 11.6 Å². The molecule has 1 aliphatic heterocycles. The topological polar surface area (TPSA) is 49.4 Å². The summed E-state index contributed by atoms with van der Waals surface area (Å²) < 4.78 is 0. The van der Waals surface area contributed by atoms with Crippen LogP contribution in [-0.2, 0) is 9.59 Å². The molecule has 0 aliphatic carbocycles. The molecule has 3 unspecified atom stereocenters. The van der Waals surface area contributed by atoms with Crippen molar-refractivity contribution >= 4 is 23.6 Å². The molecule has 0 radical (unpaired) electrons. The minimum atomic E-state index is -0.754. The van der Waals surface area contributed by atoms with Gasteiger partial charge in [-0.3, -0.25) is 9.59 Å². The van der Waals surface area contributed by atoms with Crippen molar-refractivity contribution in [3.05, 3.63) is 0 Å². The van der Waals surface area contributed by atoms with E-state index in [1.165, 1.54) is 0 Å². The summed E-state index contributed by atoms with van der Waals surface area (Å²) in [4.78, 5) is 27.1. The summed E-state index contributed by atoms with van der Waals surface area (Å²) in [6.07, 6.45) is 3.60. The molecule has 2 amide bonds. The van der Waals surface area contributed by atoms with Crippen LogP contribution in [0.1, 0.15) is 47.5 Å². The number of hydrogen-bond donors (Lipinski definition) is 1. The third-order valence-electron chi connectivity index (χ3n) is 4.23. The second-order valence-corrected chi connectivity index (χ2v) is 7.19. The molecule has 5 heteroatoms. The van der Waals surface area contributed by atoms with Crippen LogP contribution in [-0.4, -0.2) is 46.3 Å². The maximum Gasteiger partial charge on any atom is 0.248 e. The van der Waals surface area contributed by atoms with Crippen LogP contribution in [0.2, 0.25) is 0 Å². The predicted molar refractivity (Wildman–Crippen MR) is 84.8 cm³/mol. The smallest absolute Gasteiger partial charge is 0.248 e. The molecular weight excluding hydrogens is 272 g/mol. The number of carbonyl (C=O) groups is 2. The SMILES string of the molecule is CCC1(C)NC(=O)C(C(C)C)N(C(C)CCSC)C1=O. The zero-order chi connectivity index (χ0) is 15.5. The average molecular weight is 300 g/mol. The summed E-state index contributed by atoms with van der Waals surface area (Å²) in [5, 5.41) is 2.93. The van der Waals surface area contributed by atoms with E-state index in [4.69, 9.17) is 0 Å². The molecular formula is C15H28N2O2S. The van der Waals surface area contributed by atoms with E-state index in [0.29, 0.717) is 6.42 Å². The van der Waals surface area contributed by atoms with Crippen LogP contribution in [0.4, 0.5) is 0 Å². The van der Waals surface area contributed by atoms with Gasteiger partial charge in [-0.15, -0.1) is 0 Å². The fraction of sp³-hybridized carbons (Fsp3) is 0.867. The lowest BCUT2D eigenvalue weighted by Crippen LogP contribution is -2.71. The number of nitrogens with zero attached hydrogens (tertiary/aromatic N) is 1. The van der Waals surface area contributed by atoms with Crippen molar-refractivity contribution in [1.82, 2.24) is 10.2 Å². The highest BCUT2D eigenvalue weighted by Crippen LogP contribution is 2.28. The average Bonchev–Trinajstić information content (AvgIpc) is 2.39. The second kappa shape index (κ2) is 6.83. The highest BCUT2D eigenvalue weighted by Gasteiger charge is 2.49. The lowest BCUT2D eigenvalue weighted by Gasteiger charge is -2.48. The van der Waals surface area contributed by atoms with Gasteiger partial charge in [0.25, 0.3) is 0 Å². The van der Waals surface area contributed by atoms with E-state index in [1.54, 1.807) is 11.8 Å². The van der Waals surface area contributed by atoms with Crippen LogP contribution in [0.25, 0.3) is 0 Å². The quantitative estimate of drug-likeness (QED) is 0.819. The number of amides is 2.